The van der Waals surface area contributed by atoms with Gasteiger partial charge in [0, 0.05) is 84.5 Å². The molecule has 0 aromatic heterocycles. The Kier molecular flexibility index (Phi) is 15.5. The summed E-state index contributed by atoms with van der Waals surface area (Å²) in [6.07, 6.45) is -1.48. The Hall–Kier alpha value is -5.66. The summed E-state index contributed by atoms with van der Waals surface area (Å²) < 4.78 is 45.3. The third kappa shape index (κ3) is 12.7. The zero-order chi connectivity index (χ0) is 41.7. The number of aliphatic hydroxyl groups excluding tert-OH is 1. The van der Waals surface area contributed by atoms with Crippen LogP contribution in [0.4, 0.5) is 18.9 Å². The highest BCUT2D eigenvalue weighted by Gasteiger charge is 2.32. The molecule has 58 heavy (non-hydrogen) atoms. The summed E-state index contributed by atoms with van der Waals surface area (Å²) in [4.78, 5) is 50.0. The van der Waals surface area contributed by atoms with Gasteiger partial charge in [0.15, 0.2) is 0 Å². The lowest BCUT2D eigenvalue weighted by Gasteiger charge is -2.36. The molecule has 4 aromatic carbocycles. The number of amides is 3. The normalized spacial score (nSPS) is 13.8. The number of benzene rings is 4. The van der Waals surface area contributed by atoms with Gasteiger partial charge in [-0.25, -0.2) is 0 Å². The van der Waals surface area contributed by atoms with Crippen LogP contribution in [0.3, 0.4) is 0 Å². The Balaban J connectivity index is 1.38. The number of likely N-dealkylation sites (N-methyl/N-ethyl adjacent to an activating group) is 2. The van der Waals surface area contributed by atoms with Crippen LogP contribution in [0.25, 0.3) is 6.08 Å². The van der Waals surface area contributed by atoms with Crippen LogP contribution in [0.15, 0.2) is 109 Å². The minimum Gasteiger partial charge on any atom is -0.491 e. The van der Waals surface area contributed by atoms with Gasteiger partial charge >= 0.3 is 6.18 Å². The largest absolute Gasteiger partial charge is 0.491 e. The first-order valence-electron chi connectivity index (χ1n) is 19.4. The molecule has 1 aliphatic rings. The van der Waals surface area contributed by atoms with Crippen molar-refractivity contribution >= 4 is 29.5 Å². The van der Waals surface area contributed by atoms with Gasteiger partial charge in [0.2, 0.25) is 17.7 Å². The van der Waals surface area contributed by atoms with Crippen molar-refractivity contribution in [1.82, 2.24) is 19.6 Å². The zero-order valence-electron chi connectivity index (χ0n) is 33.3. The molecule has 1 heterocycles. The molecule has 1 fully saturated rings. The quantitative estimate of drug-likeness (QED) is 0.131. The van der Waals surface area contributed by atoms with Crippen molar-refractivity contribution in [3.8, 4) is 5.75 Å². The first kappa shape index (κ1) is 43.5. The van der Waals surface area contributed by atoms with Crippen molar-refractivity contribution in [2.45, 2.75) is 38.7 Å². The SMILES string of the molecule is CC(=O)N1CCN(c2ccc(CN(C(=O)C=Cc3ccc(C(F)(F)F)cc3)[C@@H](Cc3ccccc3)C(=O)N(C)CCN(C)Cc3cccc(OCCO)c3)cc2)CC1. The Morgan fingerprint density at radius 2 is 1.48 bits per heavy atom. The maximum atomic E-state index is 14.6. The topological polar surface area (TPSA) is 96.9 Å². The Morgan fingerprint density at radius 3 is 2.12 bits per heavy atom. The molecule has 0 saturated carbocycles. The number of aliphatic hydroxyl groups is 1. The van der Waals surface area contributed by atoms with Crippen LogP contribution in [0.5, 0.6) is 5.75 Å². The zero-order valence-corrected chi connectivity index (χ0v) is 33.3. The van der Waals surface area contributed by atoms with E-state index in [0.29, 0.717) is 57.1 Å². The van der Waals surface area contributed by atoms with Gasteiger partial charge < -0.3 is 34.3 Å². The number of carbonyl (C=O) groups excluding carboxylic acids is 3. The predicted molar refractivity (Wildman–Crippen MR) is 219 cm³/mol. The fourth-order valence-corrected chi connectivity index (χ4v) is 6.82. The monoisotopic (exact) mass is 799 g/mol. The van der Waals surface area contributed by atoms with Gasteiger partial charge in [0.25, 0.3) is 0 Å². The summed E-state index contributed by atoms with van der Waals surface area (Å²) in [6.45, 7) is 5.93. The molecular formula is C45H52F3N5O5. The molecule has 0 spiro atoms. The highest BCUT2D eigenvalue weighted by atomic mass is 19.4. The van der Waals surface area contributed by atoms with E-state index in [-0.39, 0.29) is 38.0 Å². The van der Waals surface area contributed by atoms with E-state index >= 15 is 0 Å². The van der Waals surface area contributed by atoms with Crippen molar-refractivity contribution in [3.63, 3.8) is 0 Å². The van der Waals surface area contributed by atoms with Crippen LogP contribution in [-0.4, -0.2) is 115 Å². The van der Waals surface area contributed by atoms with Gasteiger partial charge in [0.05, 0.1) is 12.2 Å². The van der Waals surface area contributed by atoms with E-state index in [4.69, 9.17) is 9.84 Å². The molecule has 0 unspecified atom stereocenters. The first-order chi connectivity index (χ1) is 27.8. The molecular weight excluding hydrogens is 748 g/mol. The molecule has 0 radical (unpaired) electrons. The molecule has 1 atom stereocenters. The second kappa shape index (κ2) is 20.7. The molecule has 1 N–H and O–H groups in total. The van der Waals surface area contributed by atoms with Gasteiger partial charge in [-0.1, -0.05) is 66.7 Å². The maximum Gasteiger partial charge on any atom is 0.416 e. The Bertz CT molecular complexity index is 1970. The van der Waals surface area contributed by atoms with E-state index in [0.717, 1.165) is 34.5 Å². The fourth-order valence-electron chi connectivity index (χ4n) is 6.82. The molecule has 4 aromatic rings. The van der Waals surface area contributed by atoms with Crippen molar-refractivity contribution in [2.75, 3.05) is 71.5 Å². The number of hydrogen-bond acceptors (Lipinski definition) is 7. The van der Waals surface area contributed by atoms with Crippen molar-refractivity contribution in [3.05, 3.63) is 137 Å². The second-order valence-corrected chi connectivity index (χ2v) is 14.5. The van der Waals surface area contributed by atoms with Crippen LogP contribution in [0.2, 0.25) is 0 Å². The van der Waals surface area contributed by atoms with E-state index < -0.39 is 23.7 Å². The standard InChI is InChI=1S/C45H52F3N5O5/c1-34(55)51-24-26-52(27-25-51)40-19-14-37(15-20-40)33-53(43(56)21-16-35-12-17-39(18-13-35)45(46,47)48)42(31-36-8-5-4-6-9-36)44(57)50(3)23-22-49(2)32-38-10-7-11-41(30-38)58-29-28-54/h4-21,30,42,54H,22-29,31-33H2,1-3H3/t42-/m0/s1. The van der Waals surface area contributed by atoms with Gasteiger partial charge in [0.1, 0.15) is 18.4 Å². The van der Waals surface area contributed by atoms with Gasteiger partial charge in [-0.15, -0.1) is 0 Å². The van der Waals surface area contributed by atoms with Gasteiger partial charge in [-0.05, 0) is 71.8 Å². The van der Waals surface area contributed by atoms with Crippen LogP contribution >= 0.6 is 0 Å². The highest BCUT2D eigenvalue weighted by Crippen LogP contribution is 2.29. The number of piperazine rings is 1. The molecule has 0 bridgehead atoms. The second-order valence-electron chi connectivity index (χ2n) is 14.5. The lowest BCUT2D eigenvalue weighted by molar-refractivity contribution is -0.143. The average molecular weight is 800 g/mol. The predicted octanol–water partition coefficient (Wildman–Crippen LogP) is 5.99. The van der Waals surface area contributed by atoms with Crippen molar-refractivity contribution < 1.29 is 37.4 Å². The summed E-state index contributed by atoms with van der Waals surface area (Å²) in [5.41, 5.74) is 3.27. The van der Waals surface area contributed by atoms with Crippen molar-refractivity contribution in [1.29, 1.82) is 0 Å². The van der Waals surface area contributed by atoms with Crippen LogP contribution in [-0.2, 0) is 40.1 Å². The van der Waals surface area contributed by atoms with E-state index in [2.05, 4.69) is 9.80 Å². The lowest BCUT2D eigenvalue weighted by Crippen LogP contribution is -2.51. The molecule has 5 rings (SSSR count). The molecule has 308 valence electrons. The number of anilines is 1. The summed E-state index contributed by atoms with van der Waals surface area (Å²) in [6, 6.07) is 28.5. The molecule has 13 heteroatoms. The summed E-state index contributed by atoms with van der Waals surface area (Å²) >= 11 is 0. The minimum atomic E-state index is -4.49. The minimum absolute atomic E-state index is 0.0523. The Morgan fingerprint density at radius 1 is 0.810 bits per heavy atom. The smallest absolute Gasteiger partial charge is 0.416 e. The third-order valence-electron chi connectivity index (χ3n) is 10.2. The number of halogens is 3. The van der Waals surface area contributed by atoms with E-state index in [1.54, 1.807) is 18.9 Å². The molecule has 10 nitrogen and oxygen atoms in total. The van der Waals surface area contributed by atoms with E-state index in [1.165, 1.54) is 29.2 Å². The van der Waals surface area contributed by atoms with Crippen LogP contribution < -0.4 is 9.64 Å². The lowest BCUT2D eigenvalue weighted by atomic mass is 10.0. The number of nitrogens with zero attached hydrogens (tertiary/aromatic N) is 5. The maximum absolute atomic E-state index is 14.6. The van der Waals surface area contributed by atoms with Gasteiger partial charge in [-0.2, -0.15) is 13.2 Å². The van der Waals surface area contributed by atoms with E-state index in [9.17, 15) is 27.6 Å². The van der Waals surface area contributed by atoms with E-state index in [1.807, 2.05) is 90.8 Å². The number of alkyl halides is 3. The molecule has 1 saturated heterocycles. The molecule has 0 aliphatic carbocycles. The van der Waals surface area contributed by atoms with Crippen LogP contribution in [0, 0.1) is 0 Å². The number of carbonyl (C=O) groups is 3. The summed E-state index contributed by atoms with van der Waals surface area (Å²) in [5.74, 6) is -0.00735. The summed E-state index contributed by atoms with van der Waals surface area (Å²) in [7, 11) is 3.68. The Labute approximate surface area is 338 Å². The summed E-state index contributed by atoms with van der Waals surface area (Å²) in [5, 5.41) is 9.12. The third-order valence-corrected chi connectivity index (χ3v) is 10.2. The average Bonchev–Trinajstić information content (AvgIpc) is 3.22. The first-order valence-corrected chi connectivity index (χ1v) is 19.4. The van der Waals surface area contributed by atoms with Gasteiger partial charge in [-0.3, -0.25) is 14.4 Å². The molecule has 1 aliphatic heterocycles. The number of hydrogen-bond donors (Lipinski definition) is 1. The van der Waals surface area contributed by atoms with Crippen LogP contribution in [0.1, 0.15) is 34.7 Å². The highest BCUT2D eigenvalue weighted by molar-refractivity contribution is 5.95. The molecule has 3 amide bonds. The number of rotatable bonds is 17. The van der Waals surface area contributed by atoms with Crippen molar-refractivity contribution in [2.24, 2.45) is 0 Å². The fraction of sp³-hybridized carbons (Fsp3) is 0.356. The number of ether oxygens (including phenoxy) is 1.